The van der Waals surface area contributed by atoms with E-state index in [1.807, 2.05) is 6.92 Å². The smallest absolute Gasteiger partial charge is 0.243 e. The maximum atomic E-state index is 13.3. The fourth-order valence-electron chi connectivity index (χ4n) is 4.74. The summed E-state index contributed by atoms with van der Waals surface area (Å²) in [5.41, 5.74) is 2.20. The Kier molecular flexibility index (Phi) is 6.89. The van der Waals surface area contributed by atoms with E-state index in [2.05, 4.69) is 5.32 Å². The number of sulfonamides is 1. The molecule has 182 valence electrons. The van der Waals surface area contributed by atoms with Crippen LogP contribution in [0.25, 0.3) is 0 Å². The zero-order valence-electron chi connectivity index (χ0n) is 19.4. The van der Waals surface area contributed by atoms with E-state index in [0.29, 0.717) is 35.7 Å². The number of halogens is 1. The van der Waals surface area contributed by atoms with E-state index in [4.69, 9.17) is 16.3 Å². The molecule has 1 atom stereocenters. The van der Waals surface area contributed by atoms with Crippen molar-refractivity contribution in [3.8, 4) is 5.75 Å². The van der Waals surface area contributed by atoms with Crippen LogP contribution < -0.4 is 15.0 Å². The van der Waals surface area contributed by atoms with Crippen molar-refractivity contribution in [2.24, 2.45) is 5.92 Å². The van der Waals surface area contributed by atoms with E-state index in [-0.39, 0.29) is 41.8 Å². The molecule has 2 aromatic rings. The number of methoxy groups -OCH3 is 1. The molecule has 10 heteroatoms. The molecule has 0 radical (unpaired) electrons. The first-order valence-corrected chi connectivity index (χ1v) is 13.0. The van der Waals surface area contributed by atoms with Crippen LogP contribution in [-0.2, 0) is 26.0 Å². The van der Waals surface area contributed by atoms with E-state index in [1.54, 1.807) is 41.3 Å². The van der Waals surface area contributed by atoms with Crippen LogP contribution in [0.5, 0.6) is 5.75 Å². The van der Waals surface area contributed by atoms with Gasteiger partial charge >= 0.3 is 0 Å². The predicted octanol–water partition coefficient (Wildman–Crippen LogP) is 3.69. The fraction of sp³-hybridized carbons (Fsp3) is 0.417. The molecule has 2 aliphatic rings. The van der Waals surface area contributed by atoms with Gasteiger partial charge in [-0.2, -0.15) is 4.31 Å². The second-order valence-electron chi connectivity index (χ2n) is 8.75. The van der Waals surface area contributed by atoms with Gasteiger partial charge in [-0.1, -0.05) is 11.6 Å². The summed E-state index contributed by atoms with van der Waals surface area (Å²) < 4.78 is 33.1. The summed E-state index contributed by atoms with van der Waals surface area (Å²) in [6, 6.07) is 9.97. The molecule has 0 aromatic heterocycles. The molecule has 0 bridgehead atoms. The van der Waals surface area contributed by atoms with Crippen LogP contribution >= 0.6 is 11.6 Å². The molecule has 0 aliphatic carbocycles. The number of nitrogens with zero attached hydrogens (tertiary/aromatic N) is 2. The first-order chi connectivity index (χ1) is 16.1. The second kappa shape index (κ2) is 9.56. The lowest BCUT2D eigenvalue weighted by atomic mass is 9.97. The molecular weight excluding hydrogens is 478 g/mol. The molecule has 2 aliphatic heterocycles. The molecule has 0 spiro atoms. The van der Waals surface area contributed by atoms with Crippen LogP contribution in [0.15, 0.2) is 41.3 Å². The minimum atomic E-state index is -3.69. The van der Waals surface area contributed by atoms with Crippen LogP contribution in [0.1, 0.15) is 32.3 Å². The molecule has 1 fully saturated rings. The van der Waals surface area contributed by atoms with Gasteiger partial charge < -0.3 is 15.0 Å². The van der Waals surface area contributed by atoms with E-state index < -0.39 is 10.0 Å². The van der Waals surface area contributed by atoms with Gasteiger partial charge in [-0.3, -0.25) is 9.59 Å². The molecule has 8 nitrogen and oxygen atoms in total. The number of carbonyl (C=O) groups is 2. The van der Waals surface area contributed by atoms with Crippen molar-refractivity contribution in [3.05, 3.63) is 47.0 Å². The Hall–Kier alpha value is -2.62. The third-order valence-electron chi connectivity index (χ3n) is 6.49. The Balaban J connectivity index is 1.41. The number of hydrogen-bond acceptors (Lipinski definition) is 5. The number of amides is 2. The fourth-order valence-corrected chi connectivity index (χ4v) is 6.52. The zero-order valence-corrected chi connectivity index (χ0v) is 20.9. The number of fused-ring (bicyclic) bond motifs is 1. The Labute approximate surface area is 204 Å². The van der Waals surface area contributed by atoms with Crippen LogP contribution in [0.4, 0.5) is 11.4 Å². The summed E-state index contributed by atoms with van der Waals surface area (Å²) in [5, 5.41) is 3.25. The van der Waals surface area contributed by atoms with Gasteiger partial charge in [0.25, 0.3) is 0 Å². The maximum absolute atomic E-state index is 13.3. The van der Waals surface area contributed by atoms with Crippen molar-refractivity contribution >= 4 is 44.8 Å². The van der Waals surface area contributed by atoms with Crippen molar-refractivity contribution < 1.29 is 22.7 Å². The highest BCUT2D eigenvalue weighted by Gasteiger charge is 2.34. The molecule has 0 saturated carbocycles. The van der Waals surface area contributed by atoms with Crippen LogP contribution in [0.3, 0.4) is 0 Å². The van der Waals surface area contributed by atoms with Crippen molar-refractivity contribution in [2.45, 2.75) is 44.0 Å². The maximum Gasteiger partial charge on any atom is 0.243 e. The number of benzene rings is 2. The van der Waals surface area contributed by atoms with Gasteiger partial charge in [-0.05, 0) is 68.1 Å². The highest BCUT2D eigenvalue weighted by Crippen LogP contribution is 2.35. The summed E-state index contributed by atoms with van der Waals surface area (Å²) in [5.74, 6) is 0.0127. The van der Waals surface area contributed by atoms with Crippen LogP contribution in [0.2, 0.25) is 5.02 Å². The van der Waals surface area contributed by atoms with E-state index in [1.165, 1.54) is 18.3 Å². The quantitative estimate of drug-likeness (QED) is 0.668. The number of rotatable bonds is 5. The minimum absolute atomic E-state index is 0.000273. The summed E-state index contributed by atoms with van der Waals surface area (Å²) in [6.07, 6.45) is 1.47. The number of piperidine rings is 1. The largest absolute Gasteiger partial charge is 0.495 e. The Morgan fingerprint density at radius 3 is 2.44 bits per heavy atom. The van der Waals surface area contributed by atoms with Crippen molar-refractivity contribution in [2.75, 3.05) is 30.4 Å². The molecule has 1 unspecified atom stereocenters. The average molecular weight is 506 g/mol. The third kappa shape index (κ3) is 4.64. The van der Waals surface area contributed by atoms with Gasteiger partial charge in [0.1, 0.15) is 5.75 Å². The molecule has 1 N–H and O–H groups in total. The summed E-state index contributed by atoms with van der Waals surface area (Å²) in [4.78, 5) is 26.6. The normalized spacial score (nSPS) is 19.1. The van der Waals surface area contributed by atoms with Gasteiger partial charge in [-0.25, -0.2) is 8.42 Å². The van der Waals surface area contributed by atoms with E-state index >= 15 is 0 Å². The second-order valence-corrected chi connectivity index (χ2v) is 11.1. The van der Waals surface area contributed by atoms with Gasteiger partial charge in [0.15, 0.2) is 0 Å². The van der Waals surface area contributed by atoms with Crippen LogP contribution in [0, 0.1) is 5.92 Å². The number of ether oxygens (including phenoxy) is 1. The predicted molar refractivity (Wildman–Crippen MR) is 131 cm³/mol. The lowest BCUT2D eigenvalue weighted by Crippen LogP contribution is -2.41. The van der Waals surface area contributed by atoms with Crippen molar-refractivity contribution in [1.29, 1.82) is 0 Å². The van der Waals surface area contributed by atoms with Gasteiger partial charge in [0.05, 0.1) is 17.0 Å². The SMILES string of the molecule is COc1ccc(NC(=O)C2CCN(S(=O)(=O)c3ccc4c(c3)CC(C)N4C(C)=O)CC2)cc1Cl. The Morgan fingerprint density at radius 2 is 1.82 bits per heavy atom. The summed E-state index contributed by atoms with van der Waals surface area (Å²) in [7, 11) is -2.17. The van der Waals surface area contributed by atoms with Gasteiger partial charge in [-0.15, -0.1) is 0 Å². The standard InChI is InChI=1S/C24H28ClN3O5S/c1-15-12-18-13-20(5-6-22(18)28(15)16(2)29)34(31,32)27-10-8-17(9-11-27)24(30)26-19-4-7-23(33-3)21(25)14-19/h4-7,13-15,17H,8-12H2,1-3H3,(H,26,30). The minimum Gasteiger partial charge on any atom is -0.495 e. The van der Waals surface area contributed by atoms with E-state index in [0.717, 1.165) is 11.3 Å². The topological polar surface area (TPSA) is 96.0 Å². The molecule has 4 rings (SSSR count). The van der Waals surface area contributed by atoms with Crippen molar-refractivity contribution in [3.63, 3.8) is 0 Å². The first-order valence-electron chi connectivity index (χ1n) is 11.2. The van der Waals surface area contributed by atoms with Gasteiger partial charge in [0.2, 0.25) is 21.8 Å². The average Bonchev–Trinajstić information content (AvgIpc) is 3.14. The van der Waals surface area contributed by atoms with Crippen LogP contribution in [-0.4, -0.2) is 50.8 Å². The third-order valence-corrected chi connectivity index (χ3v) is 8.68. The molecule has 2 amide bonds. The highest BCUT2D eigenvalue weighted by molar-refractivity contribution is 7.89. The van der Waals surface area contributed by atoms with E-state index in [9.17, 15) is 18.0 Å². The molecule has 34 heavy (non-hydrogen) atoms. The highest BCUT2D eigenvalue weighted by atomic mass is 35.5. The van der Waals surface area contributed by atoms with Crippen molar-refractivity contribution in [1.82, 2.24) is 4.31 Å². The lowest BCUT2D eigenvalue weighted by molar-refractivity contribution is -0.121. The number of hydrogen-bond donors (Lipinski definition) is 1. The number of carbonyl (C=O) groups excluding carboxylic acids is 2. The van der Waals surface area contributed by atoms with Gasteiger partial charge in [0, 0.05) is 43.3 Å². The number of nitrogens with one attached hydrogen (secondary N) is 1. The molecule has 1 saturated heterocycles. The molecule has 2 aromatic carbocycles. The zero-order chi connectivity index (χ0) is 24.6. The lowest BCUT2D eigenvalue weighted by Gasteiger charge is -2.30. The molecule has 2 heterocycles. The summed E-state index contributed by atoms with van der Waals surface area (Å²) >= 11 is 6.12. The summed E-state index contributed by atoms with van der Waals surface area (Å²) in [6.45, 7) is 3.98. The Morgan fingerprint density at radius 1 is 1.12 bits per heavy atom. The first kappa shape index (κ1) is 24.5. The monoisotopic (exact) mass is 505 g/mol. The Bertz CT molecular complexity index is 1230. The number of anilines is 2. The molecular formula is C24H28ClN3O5S.